The Hall–Kier alpha value is -2.94. The molecular formula is C15H12ClF2N3O4. The van der Waals surface area contributed by atoms with Crippen molar-refractivity contribution in [3.8, 4) is 11.5 Å². The van der Waals surface area contributed by atoms with Crippen molar-refractivity contribution in [2.45, 2.75) is 6.61 Å². The number of ether oxygens (including phenoxy) is 2. The number of hydrogen-bond donors (Lipinski definition) is 1. The molecule has 0 radical (unpaired) electrons. The number of nitro benzene ring substituents is 1. The number of alkyl halides is 2. The average Bonchev–Trinajstić information content (AvgIpc) is 2.57. The van der Waals surface area contributed by atoms with Crippen LogP contribution in [0.3, 0.4) is 0 Å². The van der Waals surface area contributed by atoms with Crippen molar-refractivity contribution in [1.29, 1.82) is 0 Å². The largest absolute Gasteiger partial charge is 0.493 e. The smallest absolute Gasteiger partial charge is 0.387 e. The molecule has 0 heterocycles. The van der Waals surface area contributed by atoms with Crippen LogP contribution in [0.1, 0.15) is 5.56 Å². The van der Waals surface area contributed by atoms with Crippen molar-refractivity contribution >= 4 is 29.2 Å². The number of non-ortho nitro benzene ring substituents is 1. The molecule has 7 nitrogen and oxygen atoms in total. The minimum atomic E-state index is -3.04. The van der Waals surface area contributed by atoms with Gasteiger partial charge in [0.05, 0.1) is 29.0 Å². The van der Waals surface area contributed by atoms with Gasteiger partial charge in [-0.25, -0.2) is 0 Å². The predicted molar refractivity (Wildman–Crippen MR) is 88.9 cm³/mol. The zero-order chi connectivity index (χ0) is 18.4. The predicted octanol–water partition coefficient (Wildman–Crippen LogP) is 4.30. The molecule has 0 saturated heterocycles. The molecule has 10 heteroatoms. The Bertz CT molecular complexity index is 802. The molecular weight excluding hydrogens is 360 g/mol. The third kappa shape index (κ3) is 5.01. The van der Waals surface area contributed by atoms with Gasteiger partial charge in [-0.3, -0.25) is 15.5 Å². The molecule has 0 atom stereocenters. The Kier molecular flexibility index (Phi) is 6.07. The highest BCUT2D eigenvalue weighted by atomic mass is 35.5. The van der Waals surface area contributed by atoms with Gasteiger partial charge < -0.3 is 9.47 Å². The summed E-state index contributed by atoms with van der Waals surface area (Å²) in [6, 6.07) is 8.53. The minimum absolute atomic E-state index is 0.0181. The van der Waals surface area contributed by atoms with Gasteiger partial charge in [-0.05, 0) is 23.8 Å². The number of nitro groups is 1. The number of hydrazone groups is 1. The monoisotopic (exact) mass is 371 g/mol. The van der Waals surface area contributed by atoms with Gasteiger partial charge in [0.15, 0.2) is 11.5 Å². The van der Waals surface area contributed by atoms with Crippen LogP contribution in [0, 0.1) is 10.1 Å². The average molecular weight is 372 g/mol. The fourth-order valence-electron chi connectivity index (χ4n) is 1.89. The number of halogens is 3. The van der Waals surface area contributed by atoms with E-state index in [1.54, 1.807) is 6.07 Å². The maximum atomic E-state index is 12.4. The quantitative estimate of drug-likeness (QED) is 0.445. The molecule has 0 aliphatic carbocycles. The van der Waals surface area contributed by atoms with E-state index in [9.17, 15) is 18.9 Å². The van der Waals surface area contributed by atoms with Crippen LogP contribution < -0.4 is 14.9 Å². The number of hydrogen-bond acceptors (Lipinski definition) is 6. The lowest BCUT2D eigenvalue weighted by atomic mass is 10.2. The van der Waals surface area contributed by atoms with Crippen molar-refractivity contribution in [3.05, 3.63) is 57.1 Å². The van der Waals surface area contributed by atoms with Crippen molar-refractivity contribution in [2.75, 3.05) is 12.5 Å². The van der Waals surface area contributed by atoms with Gasteiger partial charge in [-0.15, -0.1) is 0 Å². The van der Waals surface area contributed by atoms with Gasteiger partial charge in [0.2, 0.25) is 0 Å². The van der Waals surface area contributed by atoms with Crippen molar-refractivity contribution in [1.82, 2.24) is 0 Å². The van der Waals surface area contributed by atoms with Gasteiger partial charge in [0, 0.05) is 12.1 Å². The lowest BCUT2D eigenvalue weighted by Crippen LogP contribution is -2.04. The second kappa shape index (κ2) is 8.25. The van der Waals surface area contributed by atoms with Crippen molar-refractivity contribution in [3.63, 3.8) is 0 Å². The molecule has 0 fully saturated rings. The Morgan fingerprint density at radius 1 is 1.36 bits per heavy atom. The normalized spacial score (nSPS) is 10.9. The molecule has 0 saturated carbocycles. The Morgan fingerprint density at radius 3 is 2.76 bits per heavy atom. The van der Waals surface area contributed by atoms with Crippen LogP contribution in [0.4, 0.5) is 20.2 Å². The summed E-state index contributed by atoms with van der Waals surface area (Å²) in [5.74, 6) is -0.257. The van der Waals surface area contributed by atoms with Crippen LogP contribution in [0.2, 0.25) is 5.02 Å². The molecule has 0 unspecified atom stereocenters. The number of methoxy groups -OCH3 is 1. The summed E-state index contributed by atoms with van der Waals surface area (Å²) < 4.78 is 34.0. The van der Waals surface area contributed by atoms with E-state index in [-0.39, 0.29) is 22.2 Å². The summed E-state index contributed by atoms with van der Waals surface area (Å²) in [7, 11) is 1.28. The molecule has 0 aliphatic rings. The summed E-state index contributed by atoms with van der Waals surface area (Å²) in [4.78, 5) is 10.2. The summed E-state index contributed by atoms with van der Waals surface area (Å²) in [5.41, 5.74) is 3.39. The molecule has 0 aliphatic heterocycles. The molecule has 2 aromatic carbocycles. The first-order chi connectivity index (χ1) is 11.9. The van der Waals surface area contributed by atoms with Gasteiger partial charge in [-0.1, -0.05) is 17.7 Å². The van der Waals surface area contributed by atoms with Gasteiger partial charge in [0.25, 0.3) is 5.69 Å². The molecule has 0 spiro atoms. The van der Waals surface area contributed by atoms with Gasteiger partial charge >= 0.3 is 6.61 Å². The van der Waals surface area contributed by atoms with E-state index in [2.05, 4.69) is 15.3 Å². The third-order valence-electron chi connectivity index (χ3n) is 2.92. The van der Waals surface area contributed by atoms with Gasteiger partial charge in [0.1, 0.15) is 0 Å². The second-order valence-electron chi connectivity index (χ2n) is 4.59. The highest BCUT2D eigenvalue weighted by molar-refractivity contribution is 6.32. The number of anilines is 1. The fourth-order valence-corrected chi connectivity index (χ4v) is 2.15. The van der Waals surface area contributed by atoms with E-state index >= 15 is 0 Å². The van der Waals surface area contributed by atoms with Crippen LogP contribution >= 0.6 is 11.6 Å². The zero-order valence-corrected chi connectivity index (χ0v) is 13.5. The van der Waals surface area contributed by atoms with Crippen LogP contribution in [0.5, 0.6) is 11.5 Å². The molecule has 2 rings (SSSR count). The SMILES string of the molecule is COc1cc(/C=N\Nc2cccc([N+](=O)[O-])c2)cc(Cl)c1OC(F)F. The topological polar surface area (TPSA) is 86.0 Å². The molecule has 0 amide bonds. The van der Waals surface area contributed by atoms with Crippen molar-refractivity contribution < 1.29 is 23.2 Å². The Morgan fingerprint density at radius 2 is 2.12 bits per heavy atom. The fraction of sp³-hybridized carbons (Fsp3) is 0.133. The third-order valence-corrected chi connectivity index (χ3v) is 3.20. The summed E-state index contributed by atoms with van der Waals surface area (Å²) in [5, 5.41) is 14.6. The van der Waals surface area contributed by atoms with Crippen molar-refractivity contribution in [2.24, 2.45) is 5.10 Å². The zero-order valence-electron chi connectivity index (χ0n) is 12.8. The molecule has 132 valence electrons. The standard InChI is InChI=1S/C15H12ClF2N3O4/c1-24-13-6-9(5-12(16)14(13)25-15(17)18)8-19-20-10-3-2-4-11(7-10)21(22)23/h2-8,15,20H,1H3/b19-8-. The number of nitrogens with zero attached hydrogens (tertiary/aromatic N) is 2. The number of rotatable bonds is 7. The maximum Gasteiger partial charge on any atom is 0.387 e. The van der Waals surface area contributed by atoms with Crippen LogP contribution in [-0.2, 0) is 0 Å². The summed E-state index contributed by atoms with van der Waals surface area (Å²) in [6.07, 6.45) is 1.35. The van der Waals surface area contributed by atoms with Crippen LogP contribution in [-0.4, -0.2) is 24.9 Å². The Labute approximate surface area is 146 Å². The molecule has 2 aromatic rings. The first kappa shape index (κ1) is 18.4. The number of benzene rings is 2. The van der Waals surface area contributed by atoms with E-state index in [0.29, 0.717) is 11.3 Å². The van der Waals surface area contributed by atoms with E-state index in [1.165, 1.54) is 43.7 Å². The van der Waals surface area contributed by atoms with E-state index in [1.807, 2.05) is 0 Å². The highest BCUT2D eigenvalue weighted by Gasteiger charge is 2.15. The first-order valence-corrected chi connectivity index (χ1v) is 7.14. The molecule has 1 N–H and O–H groups in total. The summed E-state index contributed by atoms with van der Waals surface area (Å²) in [6.45, 7) is -3.04. The first-order valence-electron chi connectivity index (χ1n) is 6.76. The minimum Gasteiger partial charge on any atom is -0.493 e. The van der Waals surface area contributed by atoms with E-state index in [0.717, 1.165) is 0 Å². The molecule has 25 heavy (non-hydrogen) atoms. The van der Waals surface area contributed by atoms with Crippen LogP contribution in [0.15, 0.2) is 41.5 Å². The maximum absolute atomic E-state index is 12.4. The second-order valence-corrected chi connectivity index (χ2v) is 5.00. The molecule has 0 bridgehead atoms. The molecule has 0 aromatic heterocycles. The Balaban J connectivity index is 2.17. The van der Waals surface area contributed by atoms with E-state index < -0.39 is 11.5 Å². The summed E-state index contributed by atoms with van der Waals surface area (Å²) >= 11 is 5.91. The number of nitrogens with one attached hydrogen (secondary N) is 1. The lowest BCUT2D eigenvalue weighted by molar-refractivity contribution is -0.384. The van der Waals surface area contributed by atoms with Crippen LogP contribution in [0.25, 0.3) is 0 Å². The van der Waals surface area contributed by atoms with E-state index in [4.69, 9.17) is 16.3 Å². The lowest BCUT2D eigenvalue weighted by Gasteiger charge is -2.12. The highest BCUT2D eigenvalue weighted by Crippen LogP contribution is 2.37. The van der Waals surface area contributed by atoms with Gasteiger partial charge in [-0.2, -0.15) is 13.9 Å².